The summed E-state index contributed by atoms with van der Waals surface area (Å²) in [7, 11) is 4.62. The van der Waals surface area contributed by atoms with Gasteiger partial charge in [-0.05, 0) is 38.1 Å². The molecule has 1 unspecified atom stereocenters. The van der Waals surface area contributed by atoms with E-state index in [0.29, 0.717) is 22.8 Å². The molecule has 0 aliphatic rings. The van der Waals surface area contributed by atoms with Gasteiger partial charge in [0, 0.05) is 11.3 Å². The molecule has 7 heteroatoms. The lowest BCUT2D eigenvalue weighted by atomic mass is 10.2. The van der Waals surface area contributed by atoms with Crippen LogP contribution in [0.25, 0.3) is 0 Å². The number of methoxy groups -OCH3 is 3. The van der Waals surface area contributed by atoms with E-state index < -0.39 is 6.04 Å². The first-order valence-electron chi connectivity index (χ1n) is 8.44. The predicted molar refractivity (Wildman–Crippen MR) is 106 cm³/mol. The first-order chi connectivity index (χ1) is 13.0. The van der Waals surface area contributed by atoms with Crippen LogP contribution >= 0.6 is 0 Å². The van der Waals surface area contributed by atoms with E-state index in [4.69, 9.17) is 14.2 Å². The number of hydrogen-bond donors (Lipinski definition) is 2. The predicted octanol–water partition coefficient (Wildman–Crippen LogP) is 2.97. The number of carbonyl (C=O) groups is 1. The van der Waals surface area contributed by atoms with Gasteiger partial charge >= 0.3 is 0 Å². The standard InChI is InChI=1S/C20H25N3O4/c1-13-6-8-16(9-7-13)22-14(2)20(24)23-21-12-15-10-17(25-3)19(27-5)18(11-15)26-4/h6-12,14,22H,1-5H3,(H,23,24)/b21-12+. The SMILES string of the molecule is COc1cc(/C=N/NC(=O)C(C)Nc2ccc(C)cc2)cc(OC)c1OC. The monoisotopic (exact) mass is 371 g/mol. The van der Waals surface area contributed by atoms with Gasteiger partial charge in [-0.15, -0.1) is 0 Å². The highest BCUT2D eigenvalue weighted by Gasteiger charge is 2.13. The van der Waals surface area contributed by atoms with Gasteiger partial charge in [0.15, 0.2) is 11.5 Å². The molecule has 0 aliphatic carbocycles. The van der Waals surface area contributed by atoms with Gasteiger partial charge in [-0.25, -0.2) is 5.43 Å². The molecule has 144 valence electrons. The Bertz CT molecular complexity index is 778. The number of amides is 1. The molecule has 0 saturated carbocycles. The molecule has 0 spiro atoms. The van der Waals surface area contributed by atoms with Crippen molar-refractivity contribution in [2.45, 2.75) is 19.9 Å². The molecule has 1 amide bonds. The number of hydrogen-bond acceptors (Lipinski definition) is 6. The fourth-order valence-corrected chi connectivity index (χ4v) is 2.41. The Morgan fingerprint density at radius 3 is 2.15 bits per heavy atom. The van der Waals surface area contributed by atoms with Crippen molar-refractivity contribution in [2.24, 2.45) is 5.10 Å². The maximum atomic E-state index is 12.2. The van der Waals surface area contributed by atoms with Gasteiger partial charge in [0.1, 0.15) is 6.04 Å². The fraction of sp³-hybridized carbons (Fsp3) is 0.300. The summed E-state index contributed by atoms with van der Waals surface area (Å²) >= 11 is 0. The van der Waals surface area contributed by atoms with Crippen molar-refractivity contribution in [2.75, 3.05) is 26.6 Å². The Labute approximate surface area is 159 Å². The van der Waals surface area contributed by atoms with E-state index in [1.807, 2.05) is 31.2 Å². The number of ether oxygens (including phenoxy) is 3. The minimum absolute atomic E-state index is 0.251. The Morgan fingerprint density at radius 2 is 1.63 bits per heavy atom. The van der Waals surface area contributed by atoms with Gasteiger partial charge in [-0.1, -0.05) is 17.7 Å². The molecule has 0 aliphatic heterocycles. The second kappa shape index (κ2) is 9.47. The zero-order chi connectivity index (χ0) is 19.8. The third-order valence-electron chi connectivity index (χ3n) is 3.90. The van der Waals surface area contributed by atoms with E-state index in [0.717, 1.165) is 11.3 Å². The average Bonchev–Trinajstić information content (AvgIpc) is 2.68. The molecule has 0 heterocycles. The summed E-state index contributed by atoms with van der Waals surface area (Å²) in [5.74, 6) is 1.27. The minimum atomic E-state index is -0.440. The number of aryl methyl sites for hydroxylation is 1. The Balaban J connectivity index is 2.01. The second-order valence-electron chi connectivity index (χ2n) is 5.92. The van der Waals surface area contributed by atoms with Crippen LogP contribution in [0.15, 0.2) is 41.5 Å². The fourth-order valence-electron chi connectivity index (χ4n) is 2.41. The van der Waals surface area contributed by atoms with E-state index in [-0.39, 0.29) is 5.91 Å². The zero-order valence-corrected chi connectivity index (χ0v) is 16.2. The Hall–Kier alpha value is -3.22. The second-order valence-corrected chi connectivity index (χ2v) is 5.92. The number of nitrogens with one attached hydrogen (secondary N) is 2. The molecular weight excluding hydrogens is 346 g/mol. The normalized spacial score (nSPS) is 11.7. The van der Waals surface area contributed by atoms with Crippen LogP contribution < -0.4 is 25.0 Å². The van der Waals surface area contributed by atoms with Gasteiger partial charge in [-0.3, -0.25) is 4.79 Å². The van der Waals surface area contributed by atoms with E-state index >= 15 is 0 Å². The first-order valence-corrected chi connectivity index (χ1v) is 8.44. The highest BCUT2D eigenvalue weighted by Crippen LogP contribution is 2.37. The van der Waals surface area contributed by atoms with Crippen LogP contribution in [0.3, 0.4) is 0 Å². The molecule has 2 rings (SSSR count). The summed E-state index contributed by atoms with van der Waals surface area (Å²) in [6.45, 7) is 3.78. The summed E-state index contributed by atoms with van der Waals surface area (Å²) in [5, 5.41) is 7.13. The Morgan fingerprint density at radius 1 is 1.04 bits per heavy atom. The number of rotatable bonds is 8. The summed E-state index contributed by atoms with van der Waals surface area (Å²) in [4.78, 5) is 12.2. The van der Waals surface area contributed by atoms with Crippen LogP contribution in [-0.4, -0.2) is 39.5 Å². The molecule has 27 heavy (non-hydrogen) atoms. The lowest BCUT2D eigenvalue weighted by molar-refractivity contribution is -0.121. The molecule has 0 aromatic heterocycles. The summed E-state index contributed by atoms with van der Waals surface area (Å²) in [6.07, 6.45) is 1.51. The van der Waals surface area contributed by atoms with Crippen LogP contribution in [0.1, 0.15) is 18.1 Å². The summed E-state index contributed by atoms with van der Waals surface area (Å²) in [6, 6.07) is 10.9. The molecule has 7 nitrogen and oxygen atoms in total. The molecule has 0 fully saturated rings. The maximum Gasteiger partial charge on any atom is 0.262 e. The Kier molecular flexibility index (Phi) is 7.05. The van der Waals surface area contributed by atoms with Crippen molar-refractivity contribution in [3.05, 3.63) is 47.5 Å². The first kappa shape index (κ1) is 20.1. The molecule has 1 atom stereocenters. The van der Waals surface area contributed by atoms with Crippen molar-refractivity contribution in [1.29, 1.82) is 0 Å². The number of hydrazone groups is 1. The molecule has 2 aromatic carbocycles. The maximum absolute atomic E-state index is 12.2. The zero-order valence-electron chi connectivity index (χ0n) is 16.2. The van der Waals surface area contributed by atoms with E-state index in [9.17, 15) is 4.79 Å². The van der Waals surface area contributed by atoms with Gasteiger partial charge in [0.05, 0.1) is 27.5 Å². The average molecular weight is 371 g/mol. The van der Waals surface area contributed by atoms with Gasteiger partial charge in [0.25, 0.3) is 5.91 Å². The largest absolute Gasteiger partial charge is 0.493 e. The molecule has 2 aromatic rings. The van der Waals surface area contributed by atoms with Crippen LogP contribution in [0.5, 0.6) is 17.2 Å². The van der Waals surface area contributed by atoms with Crippen molar-refractivity contribution in [3.63, 3.8) is 0 Å². The lowest BCUT2D eigenvalue weighted by Crippen LogP contribution is -2.34. The number of carbonyl (C=O) groups excluding carboxylic acids is 1. The minimum Gasteiger partial charge on any atom is -0.493 e. The van der Waals surface area contributed by atoms with Gasteiger partial charge in [0.2, 0.25) is 5.75 Å². The highest BCUT2D eigenvalue weighted by molar-refractivity contribution is 5.87. The molecular formula is C20H25N3O4. The molecule has 0 bridgehead atoms. The van der Waals surface area contributed by atoms with Crippen LogP contribution in [0.4, 0.5) is 5.69 Å². The molecule has 2 N–H and O–H groups in total. The highest BCUT2D eigenvalue weighted by atomic mass is 16.5. The summed E-state index contributed by atoms with van der Waals surface area (Å²) < 4.78 is 15.9. The van der Waals surface area contributed by atoms with Crippen LogP contribution in [-0.2, 0) is 4.79 Å². The number of benzene rings is 2. The van der Waals surface area contributed by atoms with Gasteiger partial charge < -0.3 is 19.5 Å². The van der Waals surface area contributed by atoms with Crippen molar-refractivity contribution >= 4 is 17.8 Å². The summed E-state index contributed by atoms with van der Waals surface area (Å²) in [5.41, 5.74) is 5.25. The molecule has 0 radical (unpaired) electrons. The van der Waals surface area contributed by atoms with E-state index in [2.05, 4.69) is 15.8 Å². The lowest BCUT2D eigenvalue weighted by Gasteiger charge is -2.14. The topological polar surface area (TPSA) is 81.2 Å². The van der Waals surface area contributed by atoms with Crippen LogP contribution in [0, 0.1) is 6.92 Å². The third kappa shape index (κ3) is 5.37. The van der Waals surface area contributed by atoms with Crippen molar-refractivity contribution in [3.8, 4) is 17.2 Å². The number of nitrogens with zero attached hydrogens (tertiary/aromatic N) is 1. The van der Waals surface area contributed by atoms with Crippen LogP contribution in [0.2, 0.25) is 0 Å². The third-order valence-corrected chi connectivity index (χ3v) is 3.90. The van der Waals surface area contributed by atoms with Gasteiger partial charge in [-0.2, -0.15) is 5.10 Å². The quantitative estimate of drug-likeness (QED) is 0.551. The molecule has 0 saturated heterocycles. The van der Waals surface area contributed by atoms with Crippen molar-refractivity contribution in [1.82, 2.24) is 5.43 Å². The van der Waals surface area contributed by atoms with E-state index in [1.165, 1.54) is 13.3 Å². The van der Waals surface area contributed by atoms with Crippen molar-refractivity contribution < 1.29 is 19.0 Å². The number of anilines is 1. The van der Waals surface area contributed by atoms with E-state index in [1.54, 1.807) is 33.3 Å². The smallest absolute Gasteiger partial charge is 0.262 e.